The second-order valence-corrected chi connectivity index (χ2v) is 7.77. The minimum atomic E-state index is -4.31. The molecule has 1 aliphatic heterocycles. The van der Waals surface area contributed by atoms with Crippen molar-refractivity contribution in [3.05, 3.63) is 35.9 Å². The van der Waals surface area contributed by atoms with Gasteiger partial charge >= 0.3 is 5.51 Å². The molecule has 27 heavy (non-hydrogen) atoms. The van der Waals surface area contributed by atoms with Crippen molar-refractivity contribution in [1.29, 1.82) is 5.26 Å². The summed E-state index contributed by atoms with van der Waals surface area (Å²) < 4.78 is 37.0. The summed E-state index contributed by atoms with van der Waals surface area (Å²) >= 11 is -0.164. The average molecular weight is 397 g/mol. The third-order valence-corrected chi connectivity index (χ3v) is 5.05. The van der Waals surface area contributed by atoms with Crippen molar-refractivity contribution in [2.45, 2.75) is 30.3 Å². The fourth-order valence-electron chi connectivity index (χ4n) is 2.93. The number of thioether (sulfide) groups is 1. The summed E-state index contributed by atoms with van der Waals surface area (Å²) in [6.45, 7) is 6.42. The first-order valence-corrected chi connectivity index (χ1v) is 9.47. The van der Waals surface area contributed by atoms with Crippen molar-refractivity contribution in [2.75, 3.05) is 26.2 Å². The lowest BCUT2D eigenvalue weighted by molar-refractivity contribution is -0.127. The molecule has 0 saturated carbocycles. The first-order valence-electron chi connectivity index (χ1n) is 8.66. The summed E-state index contributed by atoms with van der Waals surface area (Å²) in [5.74, 6) is 0.0945. The zero-order valence-corrected chi connectivity index (χ0v) is 16.1. The van der Waals surface area contributed by atoms with Crippen LogP contribution in [0.4, 0.5) is 13.2 Å². The van der Waals surface area contributed by atoms with Gasteiger partial charge in [0.25, 0.3) is 0 Å². The van der Waals surface area contributed by atoms with Gasteiger partial charge in [0.05, 0.1) is 6.07 Å². The molecule has 1 unspecified atom stereocenters. The largest absolute Gasteiger partial charge is 0.446 e. The third-order valence-electron chi connectivity index (χ3n) is 4.32. The van der Waals surface area contributed by atoms with Gasteiger partial charge in [-0.2, -0.15) is 18.4 Å². The van der Waals surface area contributed by atoms with Crippen molar-refractivity contribution in [3.63, 3.8) is 0 Å². The molecule has 1 fully saturated rings. The third kappa shape index (κ3) is 6.60. The highest BCUT2D eigenvalue weighted by Crippen LogP contribution is 2.36. The van der Waals surface area contributed by atoms with Crippen LogP contribution in [0, 0.1) is 17.2 Å². The van der Waals surface area contributed by atoms with E-state index < -0.39 is 5.51 Å². The predicted octanol–water partition coefficient (Wildman–Crippen LogP) is 4.00. The van der Waals surface area contributed by atoms with Gasteiger partial charge in [-0.05, 0) is 41.5 Å². The number of hydrogen-bond acceptors (Lipinski definition) is 4. The van der Waals surface area contributed by atoms with Crippen molar-refractivity contribution >= 4 is 23.7 Å². The lowest BCUT2D eigenvalue weighted by Crippen LogP contribution is -2.52. The number of hydrogen-bond donors (Lipinski definition) is 0. The molecule has 1 heterocycles. The molecule has 8 heteroatoms. The van der Waals surface area contributed by atoms with Crippen LogP contribution >= 0.6 is 11.8 Å². The number of alkyl halides is 3. The molecule has 1 atom stereocenters. The number of piperazine rings is 1. The molecular weight excluding hydrogens is 375 g/mol. The Morgan fingerprint density at radius 2 is 1.78 bits per heavy atom. The fraction of sp³-hybridized carbons (Fsp3) is 0.474. The Morgan fingerprint density at radius 1 is 1.19 bits per heavy atom. The van der Waals surface area contributed by atoms with E-state index in [9.17, 15) is 23.2 Å². The topological polar surface area (TPSA) is 47.3 Å². The van der Waals surface area contributed by atoms with E-state index in [0.717, 1.165) is 0 Å². The molecule has 0 aromatic heterocycles. The summed E-state index contributed by atoms with van der Waals surface area (Å²) in [7, 11) is 0. The highest BCUT2D eigenvalue weighted by atomic mass is 32.2. The molecule has 1 aromatic carbocycles. The van der Waals surface area contributed by atoms with Gasteiger partial charge in [0.15, 0.2) is 0 Å². The van der Waals surface area contributed by atoms with Gasteiger partial charge in [-0.1, -0.05) is 26.0 Å². The SMILES string of the molecule is CC(C)C(C#N)N1CCN(C(=O)/C=C/c2ccc(SC(F)(F)F)cc2)CC1. The highest BCUT2D eigenvalue weighted by Gasteiger charge is 2.29. The second-order valence-electron chi connectivity index (χ2n) is 6.63. The molecule has 1 aliphatic rings. The summed E-state index contributed by atoms with van der Waals surface area (Å²) in [6.07, 6.45) is 3.04. The van der Waals surface area contributed by atoms with Gasteiger partial charge in [-0.15, -0.1) is 0 Å². The Kier molecular flexibility index (Phi) is 7.33. The van der Waals surface area contributed by atoms with Gasteiger partial charge < -0.3 is 4.90 Å². The Morgan fingerprint density at radius 3 is 2.26 bits per heavy atom. The molecule has 4 nitrogen and oxygen atoms in total. The second kappa shape index (κ2) is 9.29. The summed E-state index contributed by atoms with van der Waals surface area (Å²) in [5, 5.41) is 9.27. The number of nitriles is 1. The first kappa shape index (κ1) is 21.3. The number of benzene rings is 1. The highest BCUT2D eigenvalue weighted by molar-refractivity contribution is 8.00. The number of amides is 1. The molecule has 1 amide bonds. The average Bonchev–Trinajstić information content (AvgIpc) is 2.60. The zero-order chi connectivity index (χ0) is 20.0. The van der Waals surface area contributed by atoms with Crippen LogP contribution in [0.2, 0.25) is 0 Å². The summed E-state index contributed by atoms with van der Waals surface area (Å²) in [5.41, 5.74) is -3.65. The summed E-state index contributed by atoms with van der Waals surface area (Å²) in [4.78, 5) is 16.2. The Labute approximate surface area is 161 Å². The predicted molar refractivity (Wildman–Crippen MR) is 99.8 cm³/mol. The number of carbonyl (C=O) groups is 1. The van der Waals surface area contributed by atoms with E-state index in [1.807, 2.05) is 13.8 Å². The molecule has 0 aliphatic carbocycles. The van der Waals surface area contributed by atoms with Gasteiger partial charge in [0, 0.05) is 37.2 Å². The van der Waals surface area contributed by atoms with Crippen LogP contribution in [0.15, 0.2) is 35.2 Å². The molecule has 0 N–H and O–H groups in total. The van der Waals surface area contributed by atoms with Crippen molar-refractivity contribution in [3.8, 4) is 6.07 Å². The Balaban J connectivity index is 1.88. The minimum Gasteiger partial charge on any atom is -0.337 e. The number of halogens is 3. The van der Waals surface area contributed by atoms with Crippen molar-refractivity contribution in [2.24, 2.45) is 5.92 Å². The van der Waals surface area contributed by atoms with E-state index in [1.54, 1.807) is 23.1 Å². The van der Waals surface area contributed by atoms with Gasteiger partial charge in [-0.3, -0.25) is 9.69 Å². The van der Waals surface area contributed by atoms with E-state index >= 15 is 0 Å². The van der Waals surface area contributed by atoms with Crippen LogP contribution in [0.5, 0.6) is 0 Å². The van der Waals surface area contributed by atoms with E-state index in [-0.39, 0.29) is 34.5 Å². The summed E-state index contributed by atoms with van der Waals surface area (Å²) in [6, 6.07) is 8.04. The van der Waals surface area contributed by atoms with Crippen LogP contribution in [0.1, 0.15) is 19.4 Å². The Hall–Kier alpha value is -1.98. The Bertz CT molecular complexity index is 702. The van der Waals surface area contributed by atoms with Crippen LogP contribution < -0.4 is 0 Å². The molecule has 0 spiro atoms. The number of carbonyl (C=O) groups excluding carboxylic acids is 1. The number of rotatable bonds is 5. The molecule has 1 saturated heterocycles. The van der Waals surface area contributed by atoms with Gasteiger partial charge in [-0.25, -0.2) is 0 Å². The van der Waals surface area contributed by atoms with Crippen molar-refractivity contribution < 1.29 is 18.0 Å². The van der Waals surface area contributed by atoms with E-state index in [1.165, 1.54) is 18.2 Å². The minimum absolute atomic E-state index is 0.110. The molecule has 1 aromatic rings. The smallest absolute Gasteiger partial charge is 0.337 e. The lowest BCUT2D eigenvalue weighted by Gasteiger charge is -2.37. The molecule has 0 radical (unpaired) electrons. The van der Waals surface area contributed by atoms with E-state index in [2.05, 4.69) is 11.0 Å². The van der Waals surface area contributed by atoms with E-state index in [4.69, 9.17) is 0 Å². The molecule has 0 bridgehead atoms. The standard InChI is InChI=1S/C19H22F3N3OS/c1-14(2)17(13-23)24-9-11-25(12-10-24)18(26)8-5-15-3-6-16(7-4-15)27-19(20,21)22/h3-8,14,17H,9-12H2,1-2H3/b8-5+. The molecular formula is C19H22F3N3OS. The number of nitrogens with zero attached hydrogens (tertiary/aromatic N) is 3. The quantitative estimate of drug-likeness (QED) is 0.557. The maximum atomic E-state index is 12.3. The van der Waals surface area contributed by atoms with Gasteiger partial charge in [0.2, 0.25) is 5.91 Å². The molecule has 146 valence electrons. The monoisotopic (exact) mass is 397 g/mol. The van der Waals surface area contributed by atoms with Crippen molar-refractivity contribution in [1.82, 2.24) is 9.80 Å². The van der Waals surface area contributed by atoms with Crippen LogP contribution in [-0.2, 0) is 4.79 Å². The molecule has 2 rings (SSSR count). The first-order chi connectivity index (χ1) is 12.7. The zero-order valence-electron chi connectivity index (χ0n) is 15.2. The fourth-order valence-corrected chi connectivity index (χ4v) is 3.47. The van der Waals surface area contributed by atoms with E-state index in [0.29, 0.717) is 31.7 Å². The normalized spacial score (nSPS) is 17.3. The van der Waals surface area contributed by atoms with Crippen LogP contribution in [-0.4, -0.2) is 53.4 Å². The van der Waals surface area contributed by atoms with Crippen LogP contribution in [0.3, 0.4) is 0 Å². The lowest BCUT2D eigenvalue weighted by atomic mass is 10.0. The maximum Gasteiger partial charge on any atom is 0.446 e. The van der Waals surface area contributed by atoms with Gasteiger partial charge in [0.1, 0.15) is 6.04 Å². The maximum absolute atomic E-state index is 12.3. The van der Waals surface area contributed by atoms with Crippen LogP contribution in [0.25, 0.3) is 6.08 Å².